The van der Waals surface area contributed by atoms with E-state index in [1.165, 1.54) is 42.7 Å². The first kappa shape index (κ1) is 23.1. The molecular formula is C22H15F4N5O2S. The van der Waals surface area contributed by atoms with Crippen LogP contribution in [-0.2, 0) is 0 Å². The number of aromatic nitrogens is 3. The highest BCUT2D eigenvalue weighted by Gasteiger charge is 2.18. The van der Waals surface area contributed by atoms with Gasteiger partial charge in [-0.05, 0) is 60.5 Å². The average molecular weight is 489 g/mol. The largest absolute Gasteiger partial charge is 0.435 e. The lowest BCUT2D eigenvalue weighted by Gasteiger charge is -2.13. The molecule has 4 aromatic rings. The number of pyridine rings is 1. The number of hydrogen-bond donors (Lipinski definition) is 2. The molecule has 0 aliphatic rings. The predicted molar refractivity (Wildman–Crippen MR) is 119 cm³/mol. The molecule has 0 saturated carbocycles. The van der Waals surface area contributed by atoms with Crippen molar-refractivity contribution in [3.8, 4) is 28.6 Å². The van der Waals surface area contributed by atoms with Crippen LogP contribution >= 0.6 is 11.9 Å². The number of rotatable bonds is 8. The van der Waals surface area contributed by atoms with Crippen LogP contribution < -0.4 is 19.9 Å². The van der Waals surface area contributed by atoms with Gasteiger partial charge >= 0.3 is 6.61 Å². The zero-order chi connectivity index (χ0) is 24.1. The highest BCUT2D eigenvalue weighted by Crippen LogP contribution is 2.35. The Morgan fingerprint density at radius 3 is 2.59 bits per heavy atom. The standard InChI is InChI=1S/C22H15F4N5O2S/c23-18-16(31-34-13-4-1-3-12(11-13)32-21(25)26)6-7-17(19(18)24)33-20-14(5-2-9-28-20)15-8-10-29-22(27)30-15/h1-11,21,31H,(H2,27,29,30). The lowest BCUT2D eigenvalue weighted by atomic mass is 10.2. The Bertz CT molecular complexity index is 1310. The molecule has 0 fully saturated rings. The second kappa shape index (κ2) is 10.3. The summed E-state index contributed by atoms with van der Waals surface area (Å²) in [7, 11) is 0. The molecule has 0 amide bonds. The maximum absolute atomic E-state index is 14.8. The quantitative estimate of drug-likeness (QED) is 0.233. The van der Waals surface area contributed by atoms with E-state index >= 15 is 0 Å². The fraction of sp³-hybridized carbons (Fsp3) is 0.0455. The van der Waals surface area contributed by atoms with E-state index < -0.39 is 24.0 Å². The number of nitrogens with zero attached hydrogens (tertiary/aromatic N) is 3. The number of halogens is 4. The highest BCUT2D eigenvalue weighted by atomic mass is 32.2. The van der Waals surface area contributed by atoms with E-state index in [0.717, 1.165) is 11.9 Å². The van der Waals surface area contributed by atoms with Crippen LogP contribution in [0.15, 0.2) is 71.9 Å². The Labute approximate surface area is 195 Å². The van der Waals surface area contributed by atoms with Gasteiger partial charge in [0, 0.05) is 17.3 Å². The molecular weight excluding hydrogens is 474 g/mol. The van der Waals surface area contributed by atoms with Gasteiger partial charge < -0.3 is 19.9 Å². The minimum atomic E-state index is -2.97. The molecule has 0 saturated heterocycles. The molecule has 2 heterocycles. The summed E-state index contributed by atoms with van der Waals surface area (Å²) in [5.41, 5.74) is 6.23. The van der Waals surface area contributed by atoms with Crippen LogP contribution in [0.25, 0.3) is 11.3 Å². The van der Waals surface area contributed by atoms with Crippen molar-refractivity contribution in [2.75, 3.05) is 10.5 Å². The van der Waals surface area contributed by atoms with Crippen molar-refractivity contribution >= 4 is 23.6 Å². The first-order valence-corrected chi connectivity index (χ1v) is 10.4. The summed E-state index contributed by atoms with van der Waals surface area (Å²) < 4.78 is 66.7. The maximum atomic E-state index is 14.8. The van der Waals surface area contributed by atoms with Crippen LogP contribution in [-0.4, -0.2) is 21.6 Å². The molecule has 4 rings (SSSR count). The molecule has 0 bridgehead atoms. The number of nitrogen functional groups attached to an aromatic ring is 1. The van der Waals surface area contributed by atoms with Gasteiger partial charge in [0.2, 0.25) is 17.6 Å². The number of benzene rings is 2. The number of anilines is 2. The third-order valence-electron chi connectivity index (χ3n) is 4.28. The molecule has 0 aliphatic heterocycles. The van der Waals surface area contributed by atoms with Crippen LogP contribution in [0.3, 0.4) is 0 Å². The first-order chi connectivity index (χ1) is 16.4. The molecule has 2 aromatic heterocycles. The third kappa shape index (κ3) is 5.46. The number of hydrogen-bond acceptors (Lipinski definition) is 8. The van der Waals surface area contributed by atoms with Gasteiger partial charge in [0.25, 0.3) is 0 Å². The molecule has 2 aromatic carbocycles. The molecule has 0 unspecified atom stereocenters. The Morgan fingerprint density at radius 2 is 1.79 bits per heavy atom. The van der Waals surface area contributed by atoms with Crippen molar-refractivity contribution in [3.63, 3.8) is 0 Å². The summed E-state index contributed by atoms with van der Waals surface area (Å²) in [4.78, 5) is 12.4. The fourth-order valence-corrected chi connectivity index (χ4v) is 3.52. The molecule has 12 heteroatoms. The average Bonchev–Trinajstić information content (AvgIpc) is 2.82. The smallest absolute Gasteiger partial charge is 0.387 e. The summed E-state index contributed by atoms with van der Waals surface area (Å²) in [5, 5.41) is 0. The Morgan fingerprint density at radius 1 is 0.941 bits per heavy atom. The number of nitrogens with two attached hydrogens (primary N) is 1. The number of alkyl halides is 2. The van der Waals surface area contributed by atoms with E-state index in [1.807, 2.05) is 0 Å². The minimum absolute atomic E-state index is 0.00942. The second-order valence-corrected chi connectivity index (χ2v) is 7.43. The van der Waals surface area contributed by atoms with Gasteiger partial charge in [-0.15, -0.1) is 0 Å². The SMILES string of the molecule is Nc1nccc(-c2cccnc2Oc2ccc(NSc3cccc(OC(F)F)c3)c(F)c2F)n1. The lowest BCUT2D eigenvalue weighted by Crippen LogP contribution is -2.02. The zero-order valence-corrected chi connectivity index (χ0v) is 17.9. The molecule has 0 aliphatic carbocycles. The van der Waals surface area contributed by atoms with Crippen molar-refractivity contribution in [1.29, 1.82) is 0 Å². The van der Waals surface area contributed by atoms with Crippen molar-refractivity contribution in [2.45, 2.75) is 11.5 Å². The Hall–Kier alpha value is -4.06. The summed E-state index contributed by atoms with van der Waals surface area (Å²) in [6.45, 7) is -2.97. The third-order valence-corrected chi connectivity index (χ3v) is 5.10. The topological polar surface area (TPSA) is 95.2 Å². The van der Waals surface area contributed by atoms with Crippen LogP contribution in [0.2, 0.25) is 0 Å². The molecule has 7 nitrogen and oxygen atoms in total. The Balaban J connectivity index is 1.52. The van der Waals surface area contributed by atoms with Crippen molar-refractivity contribution in [1.82, 2.24) is 15.0 Å². The van der Waals surface area contributed by atoms with Gasteiger partial charge in [0.15, 0.2) is 11.6 Å². The molecule has 0 spiro atoms. The van der Waals surface area contributed by atoms with Crippen molar-refractivity contribution in [3.05, 3.63) is 78.6 Å². The predicted octanol–water partition coefficient (Wildman–Crippen LogP) is 5.91. The highest BCUT2D eigenvalue weighted by molar-refractivity contribution is 8.00. The van der Waals surface area contributed by atoms with E-state index in [2.05, 4.69) is 24.4 Å². The van der Waals surface area contributed by atoms with Gasteiger partial charge in [-0.3, -0.25) is 0 Å². The molecule has 3 N–H and O–H groups in total. The maximum Gasteiger partial charge on any atom is 0.387 e. The zero-order valence-electron chi connectivity index (χ0n) is 17.1. The molecule has 34 heavy (non-hydrogen) atoms. The number of ether oxygens (including phenoxy) is 2. The van der Waals surface area contributed by atoms with E-state index in [-0.39, 0.29) is 23.3 Å². The van der Waals surface area contributed by atoms with Crippen LogP contribution in [0.4, 0.5) is 29.2 Å². The van der Waals surface area contributed by atoms with Gasteiger partial charge in [-0.25, -0.2) is 19.3 Å². The normalized spacial score (nSPS) is 10.9. The van der Waals surface area contributed by atoms with E-state index in [9.17, 15) is 17.6 Å². The van der Waals surface area contributed by atoms with Gasteiger partial charge in [-0.2, -0.15) is 13.2 Å². The van der Waals surface area contributed by atoms with Crippen LogP contribution in [0.1, 0.15) is 0 Å². The molecule has 0 atom stereocenters. The van der Waals surface area contributed by atoms with Crippen LogP contribution in [0, 0.1) is 11.6 Å². The van der Waals surface area contributed by atoms with Crippen molar-refractivity contribution in [2.24, 2.45) is 0 Å². The Kier molecular flexibility index (Phi) is 6.97. The van der Waals surface area contributed by atoms with Gasteiger partial charge in [-0.1, -0.05) is 6.07 Å². The summed E-state index contributed by atoms with van der Waals surface area (Å²) in [5.74, 6) is -2.89. The lowest BCUT2D eigenvalue weighted by molar-refractivity contribution is -0.0499. The van der Waals surface area contributed by atoms with Crippen molar-refractivity contribution < 1.29 is 27.0 Å². The number of nitrogens with one attached hydrogen (secondary N) is 1. The summed E-state index contributed by atoms with van der Waals surface area (Å²) in [6.07, 6.45) is 2.87. The summed E-state index contributed by atoms with van der Waals surface area (Å²) >= 11 is 0.888. The van der Waals surface area contributed by atoms with Gasteiger partial charge in [0.1, 0.15) is 5.75 Å². The molecule has 174 valence electrons. The summed E-state index contributed by atoms with van der Waals surface area (Å²) in [6, 6.07) is 13.1. The van der Waals surface area contributed by atoms with E-state index in [0.29, 0.717) is 16.2 Å². The van der Waals surface area contributed by atoms with E-state index in [1.54, 1.807) is 24.3 Å². The monoisotopic (exact) mass is 489 g/mol. The molecule has 0 radical (unpaired) electrons. The van der Waals surface area contributed by atoms with Crippen LogP contribution in [0.5, 0.6) is 17.4 Å². The minimum Gasteiger partial charge on any atom is -0.435 e. The fourth-order valence-electron chi connectivity index (χ4n) is 2.81. The first-order valence-electron chi connectivity index (χ1n) is 9.58. The van der Waals surface area contributed by atoms with Gasteiger partial charge in [0.05, 0.1) is 16.9 Å². The van der Waals surface area contributed by atoms with E-state index in [4.69, 9.17) is 10.5 Å². The second-order valence-electron chi connectivity index (χ2n) is 6.55.